The number of imidazole rings is 1. The van der Waals surface area contributed by atoms with Crippen LogP contribution in [0.2, 0.25) is 0 Å². The fourth-order valence-corrected chi connectivity index (χ4v) is 2.87. The number of amides is 1. The van der Waals surface area contributed by atoms with Crippen molar-refractivity contribution >= 4 is 16.9 Å². The summed E-state index contributed by atoms with van der Waals surface area (Å²) in [4.78, 5) is 19.6. The molecule has 0 radical (unpaired) electrons. The summed E-state index contributed by atoms with van der Waals surface area (Å²) in [6.45, 7) is 2.65. The Labute approximate surface area is 124 Å². The number of nitrogens with zero attached hydrogens (tertiary/aromatic N) is 1. The Morgan fingerprint density at radius 1 is 1.29 bits per heavy atom. The number of carbonyl (C=O) groups is 1. The predicted octanol–water partition coefficient (Wildman–Crippen LogP) is 1.96. The highest BCUT2D eigenvalue weighted by Gasteiger charge is 2.14. The van der Waals surface area contributed by atoms with Crippen LogP contribution in [-0.2, 0) is 11.3 Å². The summed E-state index contributed by atoms with van der Waals surface area (Å²) >= 11 is 0. The summed E-state index contributed by atoms with van der Waals surface area (Å²) in [6, 6.07) is 7.89. The van der Waals surface area contributed by atoms with Crippen LogP contribution in [0.25, 0.3) is 11.0 Å². The van der Waals surface area contributed by atoms with Crippen molar-refractivity contribution in [2.75, 3.05) is 13.1 Å². The third kappa shape index (κ3) is 3.82. The van der Waals surface area contributed by atoms with Crippen LogP contribution in [0, 0.1) is 5.92 Å². The third-order valence-electron chi connectivity index (χ3n) is 4.13. The number of para-hydroxylation sites is 2. The molecule has 1 aromatic heterocycles. The molecule has 5 heteroatoms. The maximum Gasteiger partial charge on any atom is 0.220 e. The van der Waals surface area contributed by atoms with Gasteiger partial charge in [-0.3, -0.25) is 4.79 Å². The van der Waals surface area contributed by atoms with Gasteiger partial charge in [-0.05, 0) is 50.4 Å². The minimum Gasteiger partial charge on any atom is -0.349 e. The largest absolute Gasteiger partial charge is 0.349 e. The second-order valence-corrected chi connectivity index (χ2v) is 5.71. The zero-order chi connectivity index (χ0) is 14.5. The van der Waals surface area contributed by atoms with Crippen LogP contribution in [0.3, 0.4) is 0 Å². The van der Waals surface area contributed by atoms with Crippen molar-refractivity contribution in [2.24, 2.45) is 5.92 Å². The van der Waals surface area contributed by atoms with Crippen LogP contribution in [0.15, 0.2) is 24.3 Å². The minimum absolute atomic E-state index is 0.119. The monoisotopic (exact) mass is 286 g/mol. The van der Waals surface area contributed by atoms with Crippen molar-refractivity contribution in [3.63, 3.8) is 0 Å². The van der Waals surface area contributed by atoms with E-state index in [0.29, 0.717) is 18.9 Å². The molecule has 0 bridgehead atoms. The number of piperidine rings is 1. The molecule has 1 aromatic carbocycles. The summed E-state index contributed by atoms with van der Waals surface area (Å²) in [6.07, 6.45) is 3.99. The van der Waals surface area contributed by atoms with E-state index in [1.807, 2.05) is 24.3 Å². The number of benzene rings is 1. The first kappa shape index (κ1) is 14.1. The van der Waals surface area contributed by atoms with Gasteiger partial charge in [0.1, 0.15) is 5.82 Å². The summed E-state index contributed by atoms with van der Waals surface area (Å²) in [7, 11) is 0. The van der Waals surface area contributed by atoms with E-state index in [4.69, 9.17) is 0 Å². The van der Waals surface area contributed by atoms with Gasteiger partial charge in [-0.25, -0.2) is 4.98 Å². The van der Waals surface area contributed by atoms with E-state index >= 15 is 0 Å². The smallest absolute Gasteiger partial charge is 0.220 e. The second-order valence-electron chi connectivity index (χ2n) is 5.71. The topological polar surface area (TPSA) is 69.8 Å². The van der Waals surface area contributed by atoms with Crippen molar-refractivity contribution in [3.05, 3.63) is 30.1 Å². The Morgan fingerprint density at radius 3 is 2.90 bits per heavy atom. The molecule has 1 saturated heterocycles. The van der Waals surface area contributed by atoms with Crippen molar-refractivity contribution in [2.45, 2.75) is 32.2 Å². The van der Waals surface area contributed by atoms with Gasteiger partial charge in [-0.1, -0.05) is 12.1 Å². The molecule has 1 amide bonds. The van der Waals surface area contributed by atoms with Gasteiger partial charge < -0.3 is 15.6 Å². The molecule has 0 spiro atoms. The highest BCUT2D eigenvalue weighted by molar-refractivity contribution is 5.76. The molecule has 2 heterocycles. The number of hydrogen-bond acceptors (Lipinski definition) is 3. The van der Waals surface area contributed by atoms with Crippen molar-refractivity contribution in [1.82, 2.24) is 20.6 Å². The molecule has 5 nitrogen and oxygen atoms in total. The number of rotatable bonds is 5. The maximum atomic E-state index is 11.9. The van der Waals surface area contributed by atoms with Gasteiger partial charge in [0.25, 0.3) is 0 Å². The molecule has 21 heavy (non-hydrogen) atoms. The molecule has 1 aliphatic rings. The number of nitrogens with one attached hydrogen (secondary N) is 3. The average molecular weight is 286 g/mol. The molecule has 3 rings (SSSR count). The average Bonchev–Trinajstić information content (AvgIpc) is 2.95. The lowest BCUT2D eigenvalue weighted by Gasteiger charge is -2.22. The van der Waals surface area contributed by atoms with Crippen LogP contribution in [0.4, 0.5) is 0 Å². The molecule has 0 aliphatic carbocycles. The third-order valence-corrected chi connectivity index (χ3v) is 4.13. The first-order valence-electron chi connectivity index (χ1n) is 7.72. The van der Waals surface area contributed by atoms with Crippen LogP contribution in [0.1, 0.15) is 31.5 Å². The predicted molar refractivity (Wildman–Crippen MR) is 82.8 cm³/mol. The summed E-state index contributed by atoms with van der Waals surface area (Å²) in [5.41, 5.74) is 1.95. The maximum absolute atomic E-state index is 11.9. The molecule has 3 N–H and O–H groups in total. The lowest BCUT2D eigenvalue weighted by atomic mass is 9.93. The van der Waals surface area contributed by atoms with Crippen LogP contribution in [0.5, 0.6) is 0 Å². The zero-order valence-corrected chi connectivity index (χ0v) is 12.2. The van der Waals surface area contributed by atoms with Crippen LogP contribution >= 0.6 is 0 Å². The quantitative estimate of drug-likeness (QED) is 0.787. The second kappa shape index (κ2) is 6.72. The first-order valence-corrected chi connectivity index (χ1v) is 7.72. The number of fused-ring (bicyclic) bond motifs is 1. The molecule has 0 unspecified atom stereocenters. The lowest BCUT2D eigenvalue weighted by Crippen LogP contribution is -2.29. The fraction of sp³-hybridized carbons (Fsp3) is 0.500. The van der Waals surface area contributed by atoms with E-state index in [-0.39, 0.29) is 5.91 Å². The van der Waals surface area contributed by atoms with Crippen molar-refractivity contribution in [3.8, 4) is 0 Å². The van der Waals surface area contributed by atoms with E-state index < -0.39 is 0 Å². The van der Waals surface area contributed by atoms with Gasteiger partial charge in [-0.2, -0.15) is 0 Å². The number of hydrogen-bond donors (Lipinski definition) is 3. The Morgan fingerprint density at radius 2 is 2.10 bits per heavy atom. The van der Waals surface area contributed by atoms with Crippen molar-refractivity contribution in [1.29, 1.82) is 0 Å². The number of aromatic amines is 1. The highest BCUT2D eigenvalue weighted by Crippen LogP contribution is 2.17. The Bertz CT molecular complexity index is 568. The highest BCUT2D eigenvalue weighted by atomic mass is 16.1. The van der Waals surface area contributed by atoms with E-state index in [0.717, 1.165) is 36.4 Å². The molecule has 1 aliphatic heterocycles. The summed E-state index contributed by atoms with van der Waals surface area (Å²) in [5.74, 6) is 1.63. The summed E-state index contributed by atoms with van der Waals surface area (Å²) in [5, 5.41) is 6.30. The van der Waals surface area contributed by atoms with E-state index in [9.17, 15) is 4.79 Å². The van der Waals surface area contributed by atoms with E-state index in [1.165, 1.54) is 12.8 Å². The molecule has 0 saturated carbocycles. The van der Waals surface area contributed by atoms with Gasteiger partial charge in [0.2, 0.25) is 5.91 Å². The Kier molecular flexibility index (Phi) is 4.50. The van der Waals surface area contributed by atoms with Gasteiger partial charge in [0, 0.05) is 6.42 Å². The van der Waals surface area contributed by atoms with Gasteiger partial charge in [-0.15, -0.1) is 0 Å². The van der Waals surface area contributed by atoms with Crippen molar-refractivity contribution < 1.29 is 4.79 Å². The number of aromatic nitrogens is 2. The standard InChI is InChI=1S/C16H22N4O/c21-16(6-5-12-7-9-17-10-8-12)18-11-15-19-13-3-1-2-4-14(13)20-15/h1-4,12,17H,5-11H2,(H,18,21)(H,19,20). The molecule has 0 atom stereocenters. The van der Waals surface area contributed by atoms with Gasteiger partial charge in [0.15, 0.2) is 0 Å². The number of carbonyl (C=O) groups excluding carboxylic acids is 1. The molecule has 2 aromatic rings. The summed E-state index contributed by atoms with van der Waals surface area (Å²) < 4.78 is 0. The van der Waals surface area contributed by atoms with Gasteiger partial charge >= 0.3 is 0 Å². The molecule has 112 valence electrons. The van der Waals surface area contributed by atoms with E-state index in [2.05, 4.69) is 20.6 Å². The van der Waals surface area contributed by atoms with Gasteiger partial charge in [0.05, 0.1) is 17.6 Å². The minimum atomic E-state index is 0.119. The van der Waals surface area contributed by atoms with Crippen LogP contribution in [-0.4, -0.2) is 29.0 Å². The molecular formula is C16H22N4O. The Balaban J connectivity index is 1.44. The SMILES string of the molecule is O=C(CCC1CCNCC1)NCc1nc2ccccc2[nH]1. The zero-order valence-electron chi connectivity index (χ0n) is 12.2. The first-order chi connectivity index (χ1) is 10.3. The lowest BCUT2D eigenvalue weighted by molar-refractivity contribution is -0.121. The van der Waals surface area contributed by atoms with Crippen LogP contribution < -0.4 is 10.6 Å². The fourth-order valence-electron chi connectivity index (χ4n) is 2.87. The Hall–Kier alpha value is -1.88. The van der Waals surface area contributed by atoms with E-state index in [1.54, 1.807) is 0 Å². The normalized spacial score (nSPS) is 16.2. The molecular weight excluding hydrogens is 264 g/mol. The molecule has 1 fully saturated rings. The number of H-pyrrole nitrogens is 1.